The van der Waals surface area contributed by atoms with Gasteiger partial charge in [-0.2, -0.15) is 0 Å². The van der Waals surface area contributed by atoms with Gasteiger partial charge in [0.2, 0.25) is 0 Å². The van der Waals surface area contributed by atoms with Crippen LogP contribution in [0.5, 0.6) is 0 Å². The quantitative estimate of drug-likeness (QED) is 0.877. The number of halogens is 1. The van der Waals surface area contributed by atoms with E-state index in [1.165, 1.54) is 0 Å². The molecule has 0 spiro atoms. The third kappa shape index (κ3) is 2.70. The molecule has 4 rings (SSSR count). The molecule has 1 aromatic heterocycles. The summed E-state index contributed by atoms with van der Waals surface area (Å²) < 4.78 is 0. The summed E-state index contributed by atoms with van der Waals surface area (Å²) in [6.07, 6.45) is 2.84. The average molecular weight is 348 g/mol. The number of aliphatic hydroxyl groups excluding tert-OH is 1. The number of carbonyl (C=O) groups is 1. The fraction of sp³-hybridized carbons (Fsp3) is 0.500. The van der Waals surface area contributed by atoms with Gasteiger partial charge in [0.15, 0.2) is 0 Å². The molecule has 6 heteroatoms. The Balaban J connectivity index is 1.47. The highest BCUT2D eigenvalue weighted by molar-refractivity contribution is 6.38. The van der Waals surface area contributed by atoms with Crippen molar-refractivity contribution in [3.05, 3.63) is 35.0 Å². The minimum absolute atomic E-state index is 0.0391. The van der Waals surface area contributed by atoms with E-state index >= 15 is 0 Å². The van der Waals surface area contributed by atoms with Crippen molar-refractivity contribution in [1.29, 1.82) is 0 Å². The molecule has 24 heavy (non-hydrogen) atoms. The Labute approximate surface area is 146 Å². The zero-order valence-electron chi connectivity index (χ0n) is 13.5. The topological polar surface area (TPSA) is 59.6 Å². The Hall–Kier alpha value is -1.56. The van der Waals surface area contributed by atoms with Gasteiger partial charge in [0.1, 0.15) is 5.69 Å². The first-order valence-electron chi connectivity index (χ1n) is 8.63. The number of carbonyl (C=O) groups excluding carboxylic acids is 1. The maximum atomic E-state index is 12.8. The Bertz CT molecular complexity index is 752. The van der Waals surface area contributed by atoms with E-state index in [4.69, 9.17) is 11.6 Å². The molecule has 2 N–H and O–H groups in total. The normalized spacial score (nSPS) is 25.5. The van der Waals surface area contributed by atoms with Crippen molar-refractivity contribution in [2.75, 3.05) is 26.2 Å². The van der Waals surface area contributed by atoms with Gasteiger partial charge in [-0.3, -0.25) is 9.69 Å². The van der Waals surface area contributed by atoms with Gasteiger partial charge in [-0.1, -0.05) is 29.8 Å². The number of H-pyrrole nitrogens is 1. The van der Waals surface area contributed by atoms with Gasteiger partial charge in [0.25, 0.3) is 5.91 Å². The summed E-state index contributed by atoms with van der Waals surface area (Å²) in [5.74, 6) is -0.0391. The molecular weight excluding hydrogens is 326 g/mol. The Morgan fingerprint density at radius 1 is 1.17 bits per heavy atom. The molecule has 0 bridgehead atoms. The summed E-state index contributed by atoms with van der Waals surface area (Å²) in [6.45, 7) is 2.97. The molecule has 1 saturated carbocycles. The molecule has 2 aliphatic rings. The van der Waals surface area contributed by atoms with Crippen LogP contribution in [0.3, 0.4) is 0 Å². The van der Waals surface area contributed by atoms with Crippen LogP contribution in [0.15, 0.2) is 24.3 Å². The van der Waals surface area contributed by atoms with E-state index in [9.17, 15) is 9.90 Å². The monoisotopic (exact) mass is 347 g/mol. The lowest BCUT2D eigenvalue weighted by Crippen LogP contribution is -2.53. The number of hydrogen-bond acceptors (Lipinski definition) is 3. The Morgan fingerprint density at radius 3 is 2.58 bits per heavy atom. The summed E-state index contributed by atoms with van der Waals surface area (Å²) in [5, 5.41) is 11.5. The fourth-order valence-corrected chi connectivity index (χ4v) is 4.31. The van der Waals surface area contributed by atoms with Gasteiger partial charge in [-0.25, -0.2) is 0 Å². The minimum Gasteiger partial charge on any atom is -0.391 e. The van der Waals surface area contributed by atoms with Crippen LogP contribution in [-0.4, -0.2) is 64.1 Å². The number of nitrogens with one attached hydrogen (secondary N) is 1. The highest BCUT2D eigenvalue weighted by atomic mass is 35.5. The van der Waals surface area contributed by atoms with E-state index in [2.05, 4.69) is 9.88 Å². The molecule has 5 nitrogen and oxygen atoms in total. The molecule has 1 aliphatic carbocycles. The molecule has 0 radical (unpaired) electrons. The number of para-hydroxylation sites is 1. The van der Waals surface area contributed by atoms with Crippen molar-refractivity contribution in [2.45, 2.75) is 31.4 Å². The number of rotatable bonds is 2. The molecule has 2 unspecified atom stereocenters. The zero-order chi connectivity index (χ0) is 16.7. The average Bonchev–Trinajstić information content (AvgIpc) is 3.18. The third-order valence-electron chi connectivity index (χ3n) is 5.37. The van der Waals surface area contributed by atoms with Crippen molar-refractivity contribution in [2.24, 2.45) is 0 Å². The third-order valence-corrected chi connectivity index (χ3v) is 5.76. The van der Waals surface area contributed by atoms with Crippen LogP contribution in [-0.2, 0) is 0 Å². The van der Waals surface area contributed by atoms with Gasteiger partial charge in [-0.15, -0.1) is 0 Å². The van der Waals surface area contributed by atoms with Crippen molar-refractivity contribution >= 4 is 28.4 Å². The van der Waals surface area contributed by atoms with Crippen LogP contribution >= 0.6 is 11.6 Å². The molecule has 2 aromatic rings. The van der Waals surface area contributed by atoms with E-state index in [0.29, 0.717) is 23.8 Å². The summed E-state index contributed by atoms with van der Waals surface area (Å²) in [6, 6.07) is 7.96. The predicted octanol–water partition coefficient (Wildman–Crippen LogP) is 2.49. The van der Waals surface area contributed by atoms with Crippen molar-refractivity contribution < 1.29 is 9.90 Å². The molecule has 2 fully saturated rings. The van der Waals surface area contributed by atoms with Gasteiger partial charge in [0.05, 0.1) is 11.1 Å². The van der Waals surface area contributed by atoms with Gasteiger partial charge >= 0.3 is 0 Å². The minimum atomic E-state index is -0.213. The van der Waals surface area contributed by atoms with E-state index in [1.54, 1.807) is 0 Å². The van der Waals surface area contributed by atoms with Crippen LogP contribution in [0.2, 0.25) is 5.02 Å². The number of aromatic amines is 1. The van der Waals surface area contributed by atoms with Crippen molar-refractivity contribution in [1.82, 2.24) is 14.8 Å². The van der Waals surface area contributed by atoms with Crippen LogP contribution in [0.25, 0.3) is 10.9 Å². The second-order valence-corrected chi connectivity index (χ2v) is 7.13. The smallest absolute Gasteiger partial charge is 0.271 e. The van der Waals surface area contributed by atoms with Gasteiger partial charge < -0.3 is 15.0 Å². The first kappa shape index (κ1) is 15.9. The van der Waals surface area contributed by atoms with E-state index < -0.39 is 0 Å². The van der Waals surface area contributed by atoms with Gasteiger partial charge in [0, 0.05) is 43.1 Å². The first-order valence-corrected chi connectivity index (χ1v) is 9.00. The van der Waals surface area contributed by atoms with E-state index in [1.807, 2.05) is 29.2 Å². The second kappa shape index (κ2) is 6.39. The van der Waals surface area contributed by atoms with E-state index in [-0.39, 0.29) is 18.1 Å². The SMILES string of the molecule is O=C(c1[nH]c2ccccc2c1Cl)N1CCN(C2CCCC2O)CC1. The Morgan fingerprint density at radius 2 is 1.92 bits per heavy atom. The van der Waals surface area contributed by atoms with Crippen molar-refractivity contribution in [3.63, 3.8) is 0 Å². The van der Waals surface area contributed by atoms with E-state index in [0.717, 1.165) is 43.3 Å². The number of benzene rings is 1. The summed E-state index contributed by atoms with van der Waals surface area (Å²) >= 11 is 6.40. The standard InChI is InChI=1S/C18H22ClN3O2/c19-16-12-4-1-2-5-13(12)20-17(16)18(24)22-10-8-21(9-11-22)14-6-3-7-15(14)23/h1-2,4-5,14-15,20,23H,3,6-11H2. The van der Waals surface area contributed by atoms with Gasteiger partial charge in [-0.05, 0) is 25.3 Å². The lowest BCUT2D eigenvalue weighted by atomic mass is 10.1. The number of nitrogens with zero attached hydrogens (tertiary/aromatic N) is 2. The van der Waals surface area contributed by atoms with Crippen molar-refractivity contribution in [3.8, 4) is 0 Å². The maximum Gasteiger partial charge on any atom is 0.271 e. The van der Waals surface area contributed by atoms with Crippen LogP contribution in [0.4, 0.5) is 0 Å². The molecule has 1 aliphatic heterocycles. The summed E-state index contributed by atoms with van der Waals surface area (Å²) in [5.41, 5.74) is 1.37. The second-order valence-electron chi connectivity index (χ2n) is 6.75. The first-order chi connectivity index (χ1) is 11.6. The number of fused-ring (bicyclic) bond motifs is 1. The molecule has 1 aromatic carbocycles. The largest absolute Gasteiger partial charge is 0.391 e. The lowest BCUT2D eigenvalue weighted by Gasteiger charge is -2.39. The predicted molar refractivity (Wildman–Crippen MR) is 94.4 cm³/mol. The fourth-order valence-electron chi connectivity index (χ4n) is 4.02. The number of hydrogen-bond donors (Lipinski definition) is 2. The molecule has 1 amide bonds. The van der Waals surface area contributed by atoms with Crippen LogP contribution < -0.4 is 0 Å². The highest BCUT2D eigenvalue weighted by Crippen LogP contribution is 2.29. The highest BCUT2D eigenvalue weighted by Gasteiger charge is 2.34. The number of aromatic nitrogens is 1. The molecule has 2 heterocycles. The number of piperazine rings is 1. The van der Waals surface area contributed by atoms with Crippen LogP contribution in [0.1, 0.15) is 29.8 Å². The number of amides is 1. The zero-order valence-corrected chi connectivity index (χ0v) is 14.3. The molecule has 128 valence electrons. The molecule has 2 atom stereocenters. The lowest BCUT2D eigenvalue weighted by molar-refractivity contribution is 0.0313. The molecular formula is C18H22ClN3O2. The number of aliphatic hydroxyl groups is 1. The Kier molecular flexibility index (Phi) is 4.24. The maximum absolute atomic E-state index is 12.8. The molecule has 1 saturated heterocycles. The summed E-state index contributed by atoms with van der Waals surface area (Å²) in [4.78, 5) is 20.2. The van der Waals surface area contributed by atoms with Crippen LogP contribution in [0, 0.1) is 0 Å². The summed E-state index contributed by atoms with van der Waals surface area (Å²) in [7, 11) is 0.